The maximum atomic E-state index is 6.38. The van der Waals surface area contributed by atoms with Gasteiger partial charge in [0.05, 0.1) is 5.54 Å². The Morgan fingerprint density at radius 3 is 2.71 bits per heavy atom. The van der Waals surface area contributed by atoms with Gasteiger partial charge in [0.1, 0.15) is 0 Å². The van der Waals surface area contributed by atoms with Crippen molar-refractivity contribution >= 4 is 11.6 Å². The van der Waals surface area contributed by atoms with Gasteiger partial charge in [0.25, 0.3) is 0 Å². The normalized spacial score (nSPS) is 27.4. The molecule has 1 N–H and O–H groups in total. The minimum atomic E-state index is -0.0503. The van der Waals surface area contributed by atoms with E-state index in [1.54, 1.807) is 0 Å². The van der Waals surface area contributed by atoms with E-state index in [1.807, 2.05) is 19.2 Å². The topological polar surface area (TPSA) is 12.0 Å². The molecule has 1 aromatic rings. The molecular formula is C15H20ClN. The summed E-state index contributed by atoms with van der Waals surface area (Å²) >= 11 is 6.38. The summed E-state index contributed by atoms with van der Waals surface area (Å²) in [5.41, 5.74) is 2.64. The first-order chi connectivity index (χ1) is 8.24. The van der Waals surface area contributed by atoms with E-state index in [-0.39, 0.29) is 5.54 Å². The average Bonchev–Trinajstić information content (AvgIpc) is 2.39. The third-order valence-electron chi connectivity index (χ3n) is 3.90. The molecule has 17 heavy (non-hydrogen) atoms. The molecule has 0 aromatic heterocycles. The van der Waals surface area contributed by atoms with Gasteiger partial charge >= 0.3 is 0 Å². The lowest BCUT2D eigenvalue weighted by Crippen LogP contribution is -2.43. The van der Waals surface area contributed by atoms with Crippen LogP contribution in [0.1, 0.15) is 38.2 Å². The van der Waals surface area contributed by atoms with Crippen LogP contribution in [0, 0.1) is 0 Å². The third kappa shape index (κ3) is 2.14. The van der Waals surface area contributed by atoms with Crippen molar-refractivity contribution in [1.82, 2.24) is 5.32 Å². The summed E-state index contributed by atoms with van der Waals surface area (Å²) in [5.74, 6) is 0. The summed E-state index contributed by atoms with van der Waals surface area (Å²) in [4.78, 5) is 0. The molecule has 0 amide bonds. The van der Waals surface area contributed by atoms with Crippen molar-refractivity contribution in [2.75, 3.05) is 7.05 Å². The van der Waals surface area contributed by atoms with E-state index in [0.717, 1.165) is 11.4 Å². The van der Waals surface area contributed by atoms with Crippen molar-refractivity contribution in [3.8, 4) is 0 Å². The van der Waals surface area contributed by atoms with Crippen LogP contribution in [0.4, 0.5) is 0 Å². The smallest absolute Gasteiger partial charge is 0.0662 e. The Hall–Kier alpha value is -0.790. The second kappa shape index (κ2) is 5.24. The number of hydrogen-bond donors (Lipinski definition) is 1. The highest BCUT2D eigenvalue weighted by molar-refractivity contribution is 6.31. The first kappa shape index (κ1) is 12.7. The molecule has 92 valence electrons. The quantitative estimate of drug-likeness (QED) is 0.772. The number of likely N-dealkylation sites (N-methyl/N-ethyl adjacent to an activating group) is 1. The van der Waals surface area contributed by atoms with Gasteiger partial charge in [-0.05, 0) is 50.4 Å². The van der Waals surface area contributed by atoms with Crippen molar-refractivity contribution in [3.63, 3.8) is 0 Å². The number of rotatable bonds is 2. The molecule has 1 fully saturated rings. The summed E-state index contributed by atoms with van der Waals surface area (Å²) in [5, 5.41) is 4.39. The van der Waals surface area contributed by atoms with Crippen molar-refractivity contribution < 1.29 is 0 Å². The number of hydrogen-bond acceptors (Lipinski definition) is 1. The molecule has 1 nitrogen and oxygen atoms in total. The second-order valence-corrected chi connectivity index (χ2v) is 5.06. The second-order valence-electron chi connectivity index (χ2n) is 4.66. The molecule has 1 aliphatic rings. The Morgan fingerprint density at radius 2 is 2.06 bits per heavy atom. The van der Waals surface area contributed by atoms with Crippen LogP contribution in [-0.2, 0) is 5.54 Å². The average molecular weight is 250 g/mol. The van der Waals surface area contributed by atoms with Crippen molar-refractivity contribution in [3.05, 3.63) is 46.5 Å². The van der Waals surface area contributed by atoms with Crippen LogP contribution in [0.15, 0.2) is 35.9 Å². The lowest BCUT2D eigenvalue weighted by Gasteiger charge is -2.41. The van der Waals surface area contributed by atoms with Crippen LogP contribution in [0.25, 0.3) is 0 Å². The van der Waals surface area contributed by atoms with Gasteiger partial charge in [-0.2, -0.15) is 0 Å². The monoisotopic (exact) mass is 249 g/mol. The maximum Gasteiger partial charge on any atom is 0.0662 e. The summed E-state index contributed by atoms with van der Waals surface area (Å²) in [6.07, 6.45) is 7.09. The molecule has 1 saturated carbocycles. The zero-order valence-electron chi connectivity index (χ0n) is 10.6. The molecule has 2 heteroatoms. The van der Waals surface area contributed by atoms with E-state index in [0.29, 0.717) is 0 Å². The lowest BCUT2D eigenvalue weighted by molar-refractivity contribution is 0.333. The van der Waals surface area contributed by atoms with Crippen LogP contribution in [0.3, 0.4) is 0 Å². The molecule has 1 aromatic carbocycles. The fourth-order valence-corrected chi connectivity index (χ4v) is 3.30. The Labute approximate surface area is 109 Å². The van der Waals surface area contributed by atoms with Crippen molar-refractivity contribution in [1.29, 1.82) is 0 Å². The first-order valence-corrected chi connectivity index (χ1v) is 6.72. The van der Waals surface area contributed by atoms with E-state index < -0.39 is 0 Å². The summed E-state index contributed by atoms with van der Waals surface area (Å²) in [6, 6.07) is 8.20. The maximum absolute atomic E-state index is 6.38. The van der Waals surface area contributed by atoms with Gasteiger partial charge in [0.2, 0.25) is 0 Å². The predicted molar refractivity (Wildman–Crippen MR) is 74.4 cm³/mol. The van der Waals surface area contributed by atoms with Gasteiger partial charge in [-0.3, -0.25) is 0 Å². The van der Waals surface area contributed by atoms with E-state index in [1.165, 1.54) is 30.4 Å². The van der Waals surface area contributed by atoms with Crippen LogP contribution in [0.5, 0.6) is 0 Å². The zero-order valence-corrected chi connectivity index (χ0v) is 11.3. The van der Waals surface area contributed by atoms with Gasteiger partial charge in [-0.25, -0.2) is 0 Å². The van der Waals surface area contributed by atoms with Crippen LogP contribution < -0.4 is 5.32 Å². The van der Waals surface area contributed by atoms with Gasteiger partial charge < -0.3 is 5.32 Å². The predicted octanol–water partition coefficient (Wildman–Crippen LogP) is 4.28. The Balaban J connectivity index is 2.53. The number of benzene rings is 1. The van der Waals surface area contributed by atoms with Gasteiger partial charge in [-0.1, -0.05) is 42.3 Å². The number of allylic oxidation sites excluding steroid dienone is 1. The largest absolute Gasteiger partial charge is 0.307 e. The van der Waals surface area contributed by atoms with Gasteiger partial charge in [0, 0.05) is 5.02 Å². The van der Waals surface area contributed by atoms with Crippen molar-refractivity contribution in [2.24, 2.45) is 0 Å². The molecule has 0 unspecified atom stereocenters. The highest BCUT2D eigenvalue weighted by Gasteiger charge is 2.37. The minimum absolute atomic E-state index is 0.0503. The molecule has 1 aliphatic carbocycles. The van der Waals surface area contributed by atoms with E-state index >= 15 is 0 Å². The van der Waals surface area contributed by atoms with Crippen LogP contribution in [-0.4, -0.2) is 7.05 Å². The Kier molecular flexibility index (Phi) is 3.90. The molecular weight excluding hydrogens is 230 g/mol. The Bertz CT molecular complexity index is 425. The summed E-state index contributed by atoms with van der Waals surface area (Å²) in [6.45, 7) is 2.13. The first-order valence-electron chi connectivity index (χ1n) is 6.34. The van der Waals surface area contributed by atoms with Crippen molar-refractivity contribution in [2.45, 2.75) is 38.1 Å². The lowest BCUT2D eigenvalue weighted by atomic mass is 9.72. The van der Waals surface area contributed by atoms with E-state index in [2.05, 4.69) is 30.4 Å². The molecule has 0 aliphatic heterocycles. The molecule has 1 atom stereocenters. The third-order valence-corrected chi connectivity index (χ3v) is 4.23. The molecule has 0 spiro atoms. The minimum Gasteiger partial charge on any atom is -0.307 e. The highest BCUT2D eigenvalue weighted by Crippen LogP contribution is 2.43. The Morgan fingerprint density at radius 1 is 1.29 bits per heavy atom. The van der Waals surface area contributed by atoms with E-state index in [4.69, 9.17) is 11.6 Å². The molecule has 2 rings (SSSR count). The molecule has 0 heterocycles. The molecule has 0 saturated heterocycles. The van der Waals surface area contributed by atoms with Gasteiger partial charge in [-0.15, -0.1) is 0 Å². The number of nitrogens with one attached hydrogen (secondary N) is 1. The summed E-state index contributed by atoms with van der Waals surface area (Å²) in [7, 11) is 2.04. The summed E-state index contributed by atoms with van der Waals surface area (Å²) < 4.78 is 0. The number of halogens is 1. The van der Waals surface area contributed by atoms with Gasteiger partial charge in [0.15, 0.2) is 0 Å². The fraction of sp³-hybridized carbons (Fsp3) is 0.467. The van der Waals surface area contributed by atoms with Crippen LogP contribution >= 0.6 is 11.6 Å². The zero-order chi connectivity index (χ0) is 12.3. The van der Waals surface area contributed by atoms with E-state index in [9.17, 15) is 0 Å². The van der Waals surface area contributed by atoms with Crippen LogP contribution in [0.2, 0.25) is 5.02 Å². The molecule has 0 radical (unpaired) electrons. The molecule has 0 bridgehead atoms. The fourth-order valence-electron chi connectivity index (χ4n) is 3.01. The SMILES string of the molecule is C/C=C1\CCCC[C@]1(NC)c1ccccc1Cl. The standard InChI is InChI=1S/C15H20ClN/c1-3-12-8-6-7-11-15(12,17-2)13-9-4-5-10-14(13)16/h3-5,9-10,17H,6-8,11H2,1-2H3/b12-3+/t15-/m1/s1. The highest BCUT2D eigenvalue weighted by atomic mass is 35.5.